The molecule has 1 aliphatic heterocycles. The average molecular weight is 546 g/mol. The van der Waals surface area contributed by atoms with Gasteiger partial charge in [0.2, 0.25) is 15.9 Å². The molecular formula is C25H35N7O5S. The highest BCUT2D eigenvalue weighted by Gasteiger charge is 2.30. The van der Waals surface area contributed by atoms with Gasteiger partial charge in [-0.3, -0.25) is 9.48 Å². The van der Waals surface area contributed by atoms with E-state index in [1.165, 1.54) is 16.6 Å². The number of aryl methyl sites for hydroxylation is 1. The summed E-state index contributed by atoms with van der Waals surface area (Å²) >= 11 is 0. The fourth-order valence-corrected chi connectivity index (χ4v) is 6.34. The number of nitrogens with zero attached hydrogens (tertiary/aromatic N) is 6. The van der Waals surface area contributed by atoms with E-state index < -0.39 is 10.0 Å². The third-order valence-corrected chi connectivity index (χ3v) is 9.30. The molecule has 12 nitrogen and oxygen atoms in total. The van der Waals surface area contributed by atoms with Crippen LogP contribution in [0.5, 0.6) is 5.88 Å². The molecule has 0 amide bonds. The molecule has 5 rings (SSSR count). The number of pyridine rings is 1. The number of hydrogen-bond acceptors (Lipinski definition) is 9. The van der Waals surface area contributed by atoms with Crippen molar-refractivity contribution in [3.63, 3.8) is 0 Å². The molecule has 38 heavy (non-hydrogen) atoms. The van der Waals surface area contributed by atoms with Gasteiger partial charge in [-0.2, -0.15) is 9.40 Å². The van der Waals surface area contributed by atoms with Crippen LogP contribution in [0.3, 0.4) is 0 Å². The predicted molar refractivity (Wildman–Crippen MR) is 142 cm³/mol. The molecular weight excluding hydrogens is 510 g/mol. The van der Waals surface area contributed by atoms with E-state index in [4.69, 9.17) is 14.5 Å². The molecule has 3 aromatic heterocycles. The zero-order chi connectivity index (χ0) is 26.9. The molecule has 0 radical (unpaired) electrons. The lowest BCUT2D eigenvalue weighted by molar-refractivity contribution is 0.144. The second-order valence-corrected chi connectivity index (χ2v) is 11.6. The first-order valence-corrected chi connectivity index (χ1v) is 14.7. The normalized spacial score (nSPS) is 17.7. The number of likely N-dealkylation sites (N-methyl/N-ethyl adjacent to an activating group) is 1. The molecule has 1 saturated carbocycles. The number of aromatic nitrogens is 5. The monoisotopic (exact) mass is 545 g/mol. The van der Waals surface area contributed by atoms with Crippen molar-refractivity contribution in [3.05, 3.63) is 28.3 Å². The molecule has 0 bridgehead atoms. The quantitative estimate of drug-likeness (QED) is 0.378. The van der Waals surface area contributed by atoms with Crippen LogP contribution >= 0.6 is 0 Å². The Morgan fingerprint density at radius 1 is 1.11 bits per heavy atom. The van der Waals surface area contributed by atoms with E-state index in [1.54, 1.807) is 7.11 Å². The highest BCUT2D eigenvalue weighted by atomic mass is 32.2. The standard InChI is InChI=1S/C25H35N7O5S/c1-4-20-21-22(29-32(20)17-7-6-8-17)24(33)28-23(27-21)19-15-18(16-26-25(19)37-14-13-36-3)38(34,35)31-11-9-30(5-2)10-12-31/h15-17H,4-14H2,1-3H3,(H,27,28,33). The molecule has 1 saturated heterocycles. The second-order valence-electron chi connectivity index (χ2n) is 9.64. The highest BCUT2D eigenvalue weighted by molar-refractivity contribution is 7.89. The average Bonchev–Trinajstić information content (AvgIpc) is 3.26. The van der Waals surface area contributed by atoms with Crippen molar-refractivity contribution in [2.45, 2.75) is 50.5 Å². The molecule has 1 aliphatic carbocycles. The smallest absolute Gasteiger partial charge is 0.279 e. The second kappa shape index (κ2) is 11.1. The van der Waals surface area contributed by atoms with Crippen LogP contribution < -0.4 is 10.3 Å². The molecule has 0 unspecified atom stereocenters. The Morgan fingerprint density at radius 2 is 1.87 bits per heavy atom. The Hall–Kier alpha value is -2.87. The number of H-pyrrole nitrogens is 1. The van der Waals surface area contributed by atoms with Crippen molar-refractivity contribution in [1.82, 2.24) is 33.9 Å². The molecule has 0 aromatic carbocycles. The van der Waals surface area contributed by atoms with Gasteiger partial charge >= 0.3 is 0 Å². The topological polar surface area (TPSA) is 136 Å². The van der Waals surface area contributed by atoms with Crippen LogP contribution in [0.4, 0.5) is 0 Å². The number of methoxy groups -OCH3 is 1. The summed E-state index contributed by atoms with van der Waals surface area (Å²) in [7, 11) is -2.25. The lowest BCUT2D eigenvalue weighted by atomic mass is 9.93. The Balaban J connectivity index is 1.59. The maximum Gasteiger partial charge on any atom is 0.279 e. The molecule has 206 valence electrons. The first kappa shape index (κ1) is 26.7. The van der Waals surface area contributed by atoms with Crippen LogP contribution in [0.15, 0.2) is 22.0 Å². The van der Waals surface area contributed by atoms with Crippen molar-refractivity contribution in [2.75, 3.05) is 53.0 Å². The molecule has 2 fully saturated rings. The van der Waals surface area contributed by atoms with E-state index in [9.17, 15) is 13.2 Å². The third-order valence-electron chi connectivity index (χ3n) is 7.43. The molecule has 3 aromatic rings. The van der Waals surface area contributed by atoms with Gasteiger partial charge in [-0.25, -0.2) is 18.4 Å². The molecule has 0 atom stereocenters. The third kappa shape index (κ3) is 4.95. The van der Waals surface area contributed by atoms with Crippen LogP contribution in [-0.4, -0.2) is 95.4 Å². The zero-order valence-corrected chi connectivity index (χ0v) is 23.0. The first-order chi connectivity index (χ1) is 18.4. The molecule has 2 aliphatic rings. The van der Waals surface area contributed by atoms with Gasteiger partial charge in [0.25, 0.3) is 5.56 Å². The predicted octanol–water partition coefficient (Wildman–Crippen LogP) is 1.82. The van der Waals surface area contributed by atoms with Crippen LogP contribution in [0.25, 0.3) is 22.4 Å². The summed E-state index contributed by atoms with van der Waals surface area (Å²) in [5, 5.41) is 4.59. The Morgan fingerprint density at radius 3 is 2.50 bits per heavy atom. The summed E-state index contributed by atoms with van der Waals surface area (Å²) in [6.45, 7) is 7.62. The summed E-state index contributed by atoms with van der Waals surface area (Å²) in [5.41, 5.74) is 1.61. The summed E-state index contributed by atoms with van der Waals surface area (Å²) in [4.78, 5) is 27.3. The summed E-state index contributed by atoms with van der Waals surface area (Å²) < 4.78 is 41.4. The number of nitrogens with one attached hydrogen (secondary N) is 1. The lowest BCUT2D eigenvalue weighted by Gasteiger charge is -2.33. The number of rotatable bonds is 10. The van der Waals surface area contributed by atoms with E-state index >= 15 is 0 Å². The molecule has 1 N–H and O–H groups in total. The molecule has 4 heterocycles. The zero-order valence-electron chi connectivity index (χ0n) is 22.1. The van der Waals surface area contributed by atoms with Gasteiger partial charge in [0, 0.05) is 33.3 Å². The van der Waals surface area contributed by atoms with Gasteiger partial charge in [0.15, 0.2) is 5.52 Å². The van der Waals surface area contributed by atoms with Gasteiger partial charge < -0.3 is 19.4 Å². The van der Waals surface area contributed by atoms with Gasteiger partial charge in [0.1, 0.15) is 22.8 Å². The number of hydrogen-bond donors (Lipinski definition) is 1. The van der Waals surface area contributed by atoms with Gasteiger partial charge in [-0.15, -0.1) is 0 Å². The van der Waals surface area contributed by atoms with Crippen molar-refractivity contribution >= 4 is 21.1 Å². The fourth-order valence-electron chi connectivity index (χ4n) is 4.94. The minimum Gasteiger partial charge on any atom is -0.475 e. The lowest BCUT2D eigenvalue weighted by Crippen LogP contribution is -2.48. The SMILES string of the molecule is CCc1c2nc(-c3cc(S(=O)(=O)N4CCN(CC)CC4)cnc3OCCOC)[nH]c(=O)c2nn1C1CCC1. The number of sulfonamides is 1. The van der Waals surface area contributed by atoms with E-state index in [2.05, 4.69) is 26.9 Å². The summed E-state index contributed by atoms with van der Waals surface area (Å²) in [6, 6.07) is 1.76. The first-order valence-electron chi connectivity index (χ1n) is 13.2. The Bertz CT molecular complexity index is 1460. The van der Waals surface area contributed by atoms with Crippen molar-refractivity contribution in [3.8, 4) is 17.3 Å². The van der Waals surface area contributed by atoms with E-state index in [0.717, 1.165) is 31.5 Å². The Kier molecular flexibility index (Phi) is 7.80. The highest BCUT2D eigenvalue weighted by Crippen LogP contribution is 2.35. The minimum absolute atomic E-state index is 0.0279. The van der Waals surface area contributed by atoms with Gasteiger partial charge in [0.05, 0.1) is 30.1 Å². The van der Waals surface area contributed by atoms with E-state index in [1.807, 2.05) is 11.6 Å². The summed E-state index contributed by atoms with van der Waals surface area (Å²) in [5.74, 6) is 0.363. The largest absolute Gasteiger partial charge is 0.475 e. The van der Waals surface area contributed by atoms with E-state index in [0.29, 0.717) is 50.3 Å². The molecule has 13 heteroatoms. The number of piperazine rings is 1. The van der Waals surface area contributed by atoms with Crippen LogP contribution in [0.1, 0.15) is 44.8 Å². The fraction of sp³-hybridized carbons (Fsp3) is 0.600. The van der Waals surface area contributed by atoms with Crippen molar-refractivity contribution < 1.29 is 17.9 Å². The maximum atomic E-state index is 13.5. The Labute approximate surface area is 222 Å². The van der Waals surface area contributed by atoms with Crippen LogP contribution in [0, 0.1) is 0 Å². The van der Waals surface area contributed by atoms with Crippen molar-refractivity contribution in [1.29, 1.82) is 0 Å². The summed E-state index contributed by atoms with van der Waals surface area (Å²) in [6.07, 6.45) is 5.16. The minimum atomic E-state index is -3.81. The number of aromatic amines is 1. The van der Waals surface area contributed by atoms with Crippen LogP contribution in [-0.2, 0) is 21.2 Å². The maximum absolute atomic E-state index is 13.5. The van der Waals surface area contributed by atoms with Crippen molar-refractivity contribution in [2.24, 2.45) is 0 Å². The van der Waals surface area contributed by atoms with Gasteiger partial charge in [-0.1, -0.05) is 13.8 Å². The molecule has 0 spiro atoms. The number of fused-ring (bicyclic) bond motifs is 1. The van der Waals surface area contributed by atoms with Crippen LogP contribution in [0.2, 0.25) is 0 Å². The number of ether oxygens (including phenoxy) is 2. The van der Waals surface area contributed by atoms with E-state index in [-0.39, 0.29) is 40.3 Å². The van der Waals surface area contributed by atoms with Gasteiger partial charge in [-0.05, 0) is 38.3 Å².